The highest BCUT2D eigenvalue weighted by molar-refractivity contribution is 5.48. The van der Waals surface area contributed by atoms with E-state index in [0.717, 1.165) is 13.1 Å². The Hall–Kier alpha value is -2.06. The Morgan fingerprint density at radius 3 is 1.91 bits per heavy atom. The molecule has 1 aliphatic heterocycles. The molecular weight excluding hydrogens is 280 g/mol. The van der Waals surface area contributed by atoms with Gasteiger partial charge in [0, 0.05) is 31.9 Å². The van der Waals surface area contributed by atoms with E-state index in [-0.39, 0.29) is 0 Å². The minimum absolute atomic E-state index is 1.16. The number of likely N-dealkylation sites (N-methyl/N-ethyl adjacent to an activating group) is 1. The summed E-state index contributed by atoms with van der Waals surface area (Å²) in [6, 6.07) is 21.0. The molecule has 3 rings (SSSR count). The van der Waals surface area contributed by atoms with Crippen molar-refractivity contribution in [3.63, 3.8) is 0 Å². The van der Waals surface area contributed by atoms with Gasteiger partial charge in [0.1, 0.15) is 0 Å². The van der Waals surface area contributed by atoms with Gasteiger partial charge in [0.15, 0.2) is 0 Å². The fourth-order valence-electron chi connectivity index (χ4n) is 2.72. The summed E-state index contributed by atoms with van der Waals surface area (Å²) >= 11 is 0. The van der Waals surface area contributed by atoms with Gasteiger partial charge in [0.25, 0.3) is 0 Å². The topological polar surface area (TPSA) is 6.48 Å². The normalized spacial score (nSPS) is 15.3. The van der Waals surface area contributed by atoms with Crippen molar-refractivity contribution in [1.82, 2.24) is 4.90 Å². The van der Waals surface area contributed by atoms with Crippen LogP contribution in [0.3, 0.4) is 0 Å². The number of anilines is 1. The largest absolute Gasteiger partial charge is 0.369 e. The van der Waals surface area contributed by atoms with Crippen LogP contribution in [-0.2, 0) is 0 Å². The van der Waals surface area contributed by atoms with Crippen molar-refractivity contribution in [2.24, 2.45) is 0 Å². The van der Waals surface area contributed by atoms with Crippen molar-refractivity contribution in [3.05, 3.63) is 72.3 Å². The maximum atomic E-state index is 2.50. The molecule has 2 aromatic carbocycles. The predicted molar refractivity (Wildman–Crippen MR) is 102 cm³/mol. The van der Waals surface area contributed by atoms with E-state index in [9.17, 15) is 0 Å². The highest BCUT2D eigenvalue weighted by Crippen LogP contribution is 2.15. The molecule has 0 spiro atoms. The van der Waals surface area contributed by atoms with Crippen LogP contribution in [0.2, 0.25) is 0 Å². The quantitative estimate of drug-likeness (QED) is 0.821. The number of nitrogens with zero attached hydrogens (tertiary/aromatic N) is 2. The van der Waals surface area contributed by atoms with Crippen LogP contribution in [0.5, 0.6) is 0 Å². The number of piperazine rings is 1. The molecular formula is C21H28N2. The lowest BCUT2D eigenvalue weighted by Crippen LogP contribution is -2.46. The van der Waals surface area contributed by atoms with Crippen LogP contribution in [-0.4, -0.2) is 37.6 Å². The van der Waals surface area contributed by atoms with E-state index in [2.05, 4.69) is 65.3 Å². The van der Waals surface area contributed by atoms with E-state index in [1.807, 2.05) is 31.2 Å². The van der Waals surface area contributed by atoms with Gasteiger partial charge in [-0.2, -0.15) is 0 Å². The smallest absolute Gasteiger partial charge is 0.0367 e. The fourth-order valence-corrected chi connectivity index (χ4v) is 2.72. The lowest BCUT2D eigenvalue weighted by Gasteiger charge is -2.35. The molecule has 2 nitrogen and oxygen atoms in total. The summed E-state index contributed by atoms with van der Waals surface area (Å²) < 4.78 is 0. The van der Waals surface area contributed by atoms with Crippen molar-refractivity contribution in [1.29, 1.82) is 0 Å². The summed E-state index contributed by atoms with van der Waals surface area (Å²) in [6.45, 7) is 10.2. The van der Waals surface area contributed by atoms with Gasteiger partial charge < -0.3 is 9.80 Å². The Morgan fingerprint density at radius 2 is 1.39 bits per heavy atom. The molecule has 122 valence electrons. The van der Waals surface area contributed by atoms with Gasteiger partial charge in [0.05, 0.1) is 0 Å². The molecule has 0 saturated carbocycles. The second kappa shape index (κ2) is 9.86. The van der Waals surface area contributed by atoms with Crippen molar-refractivity contribution in [2.45, 2.75) is 13.8 Å². The van der Waals surface area contributed by atoms with E-state index in [1.165, 1.54) is 30.9 Å². The third-order valence-corrected chi connectivity index (χ3v) is 4.10. The molecule has 23 heavy (non-hydrogen) atoms. The van der Waals surface area contributed by atoms with Crippen molar-refractivity contribution in [2.75, 3.05) is 37.6 Å². The van der Waals surface area contributed by atoms with Crippen LogP contribution >= 0.6 is 0 Å². The summed E-state index contributed by atoms with van der Waals surface area (Å²) in [5, 5.41) is 0. The maximum Gasteiger partial charge on any atom is 0.0367 e. The molecule has 1 fully saturated rings. The molecule has 1 heterocycles. The highest BCUT2D eigenvalue weighted by atomic mass is 15.3. The Balaban J connectivity index is 0.000000185. The molecule has 0 aromatic heterocycles. The first-order valence-corrected chi connectivity index (χ1v) is 8.53. The van der Waals surface area contributed by atoms with Crippen LogP contribution in [0.25, 0.3) is 6.08 Å². The van der Waals surface area contributed by atoms with Gasteiger partial charge in [-0.25, -0.2) is 0 Å². The second-order valence-corrected chi connectivity index (χ2v) is 5.67. The van der Waals surface area contributed by atoms with E-state index in [1.54, 1.807) is 0 Å². The minimum atomic E-state index is 1.16. The molecule has 1 saturated heterocycles. The van der Waals surface area contributed by atoms with Gasteiger partial charge in [-0.3, -0.25) is 0 Å². The lowest BCUT2D eigenvalue weighted by atomic mass is 10.2. The van der Waals surface area contributed by atoms with Crippen LogP contribution in [0.1, 0.15) is 19.4 Å². The zero-order valence-corrected chi connectivity index (χ0v) is 14.4. The first-order valence-electron chi connectivity index (χ1n) is 8.53. The predicted octanol–water partition coefficient (Wildman–Crippen LogP) is 4.55. The van der Waals surface area contributed by atoms with Gasteiger partial charge in [-0.1, -0.05) is 67.6 Å². The monoisotopic (exact) mass is 308 g/mol. The molecule has 0 N–H and O–H groups in total. The average Bonchev–Trinajstić information content (AvgIpc) is 2.64. The van der Waals surface area contributed by atoms with Gasteiger partial charge in [-0.05, 0) is 31.2 Å². The fraction of sp³-hybridized carbons (Fsp3) is 0.333. The Kier molecular flexibility index (Phi) is 7.41. The number of allylic oxidation sites excluding steroid dienone is 1. The maximum absolute atomic E-state index is 2.50. The van der Waals surface area contributed by atoms with E-state index in [0.29, 0.717) is 0 Å². The zero-order valence-electron chi connectivity index (χ0n) is 14.4. The Bertz CT molecular complexity index is 555. The van der Waals surface area contributed by atoms with Gasteiger partial charge in [-0.15, -0.1) is 0 Å². The van der Waals surface area contributed by atoms with Crippen LogP contribution in [0.4, 0.5) is 5.69 Å². The van der Waals surface area contributed by atoms with Crippen LogP contribution in [0.15, 0.2) is 66.7 Å². The van der Waals surface area contributed by atoms with E-state index >= 15 is 0 Å². The number of rotatable bonds is 3. The molecule has 0 amide bonds. The number of hydrogen-bond donors (Lipinski definition) is 0. The van der Waals surface area contributed by atoms with Crippen molar-refractivity contribution in [3.8, 4) is 0 Å². The first kappa shape index (κ1) is 17.3. The molecule has 0 atom stereocenters. The van der Waals surface area contributed by atoms with Gasteiger partial charge >= 0.3 is 0 Å². The number of para-hydroxylation sites is 1. The number of hydrogen-bond acceptors (Lipinski definition) is 2. The molecule has 0 radical (unpaired) electrons. The first-order chi connectivity index (χ1) is 11.3. The minimum Gasteiger partial charge on any atom is -0.369 e. The van der Waals surface area contributed by atoms with E-state index in [4.69, 9.17) is 0 Å². The summed E-state index contributed by atoms with van der Waals surface area (Å²) in [5.41, 5.74) is 2.63. The third kappa shape index (κ3) is 5.91. The third-order valence-electron chi connectivity index (χ3n) is 4.10. The molecule has 2 heteroatoms. The Labute approximate surface area is 141 Å². The van der Waals surface area contributed by atoms with Crippen LogP contribution in [0, 0.1) is 0 Å². The molecule has 0 aliphatic carbocycles. The zero-order chi connectivity index (χ0) is 16.3. The van der Waals surface area contributed by atoms with Crippen molar-refractivity contribution < 1.29 is 0 Å². The Morgan fingerprint density at radius 1 is 0.826 bits per heavy atom. The SMILES string of the molecule is C/C=C/c1ccccc1.CCN1CCN(c2ccccc2)CC1. The van der Waals surface area contributed by atoms with E-state index < -0.39 is 0 Å². The molecule has 0 unspecified atom stereocenters. The molecule has 2 aromatic rings. The second-order valence-electron chi connectivity index (χ2n) is 5.67. The standard InChI is InChI=1S/C12H18N2.C9H10/c1-2-13-8-10-14(11-9-13)12-6-4-3-5-7-12;1-2-6-9-7-4-3-5-8-9/h3-7H,2,8-11H2,1H3;2-8H,1H3/b;6-2+. The average molecular weight is 308 g/mol. The number of benzene rings is 2. The lowest BCUT2D eigenvalue weighted by molar-refractivity contribution is 0.271. The van der Waals surface area contributed by atoms with Crippen LogP contribution < -0.4 is 4.90 Å². The summed E-state index contributed by atoms with van der Waals surface area (Å²) in [6.07, 6.45) is 4.12. The van der Waals surface area contributed by atoms with Crippen molar-refractivity contribution >= 4 is 11.8 Å². The van der Waals surface area contributed by atoms with Gasteiger partial charge in [0.2, 0.25) is 0 Å². The summed E-state index contributed by atoms with van der Waals surface area (Å²) in [7, 11) is 0. The molecule has 0 bridgehead atoms. The summed E-state index contributed by atoms with van der Waals surface area (Å²) in [5.74, 6) is 0. The molecule has 1 aliphatic rings. The highest BCUT2D eigenvalue weighted by Gasteiger charge is 2.14. The summed E-state index contributed by atoms with van der Waals surface area (Å²) in [4.78, 5) is 4.96.